The topological polar surface area (TPSA) is 26.0 Å². The van der Waals surface area contributed by atoms with Crippen molar-refractivity contribution in [3.05, 3.63) is 46.7 Å². The van der Waals surface area contributed by atoms with E-state index in [1.807, 2.05) is 6.92 Å². The average molecular weight is 175 g/mol. The Hall–Kier alpha value is -1.24. The minimum absolute atomic E-state index is 0.881. The first-order valence-corrected chi connectivity index (χ1v) is 4.54. The van der Waals surface area contributed by atoms with Gasteiger partial charge in [0.15, 0.2) is 0 Å². The number of hydrogen-bond acceptors (Lipinski definition) is 1. The maximum absolute atomic E-state index is 5.90. The van der Waals surface area contributed by atoms with Gasteiger partial charge in [0.2, 0.25) is 0 Å². The number of hydrogen-bond donors (Lipinski definition) is 1. The second kappa shape index (κ2) is 3.65. The molecule has 13 heavy (non-hydrogen) atoms. The van der Waals surface area contributed by atoms with Crippen molar-refractivity contribution in [2.24, 2.45) is 5.73 Å². The van der Waals surface area contributed by atoms with E-state index in [0.717, 1.165) is 23.3 Å². The molecule has 0 spiro atoms. The lowest BCUT2D eigenvalue weighted by molar-refractivity contribution is 1.21. The van der Waals surface area contributed by atoms with Gasteiger partial charge in [-0.3, -0.25) is 0 Å². The summed E-state index contributed by atoms with van der Waals surface area (Å²) in [6.45, 7) is 10.2. The van der Waals surface area contributed by atoms with Gasteiger partial charge in [0.25, 0.3) is 0 Å². The largest absolute Gasteiger partial charge is 0.399 e. The third-order valence-corrected chi connectivity index (χ3v) is 2.39. The van der Waals surface area contributed by atoms with Crippen molar-refractivity contribution in [2.45, 2.75) is 27.2 Å². The van der Waals surface area contributed by atoms with Gasteiger partial charge in [-0.15, -0.1) is 0 Å². The average Bonchev–Trinajstić information content (AvgIpc) is 2.13. The summed E-state index contributed by atoms with van der Waals surface area (Å²) in [5.41, 5.74) is 11.5. The molecule has 0 aromatic heterocycles. The van der Waals surface area contributed by atoms with Crippen LogP contribution in [0.15, 0.2) is 46.7 Å². The molecule has 0 radical (unpaired) electrons. The highest BCUT2D eigenvalue weighted by Gasteiger charge is 2.09. The van der Waals surface area contributed by atoms with Gasteiger partial charge in [-0.25, -0.2) is 0 Å². The van der Waals surface area contributed by atoms with E-state index in [2.05, 4.69) is 32.6 Å². The normalized spacial score (nSPS) is 17.8. The summed E-state index contributed by atoms with van der Waals surface area (Å²) < 4.78 is 0. The van der Waals surface area contributed by atoms with Crippen LogP contribution < -0.4 is 5.73 Å². The fourth-order valence-electron chi connectivity index (χ4n) is 1.71. The first-order valence-electron chi connectivity index (χ1n) is 4.54. The zero-order valence-corrected chi connectivity index (χ0v) is 8.65. The molecular formula is C12H17N. The lowest BCUT2D eigenvalue weighted by Gasteiger charge is -2.11. The van der Waals surface area contributed by atoms with Crippen LogP contribution in [-0.4, -0.2) is 0 Å². The third kappa shape index (κ3) is 1.92. The van der Waals surface area contributed by atoms with E-state index in [9.17, 15) is 0 Å². The SMILES string of the molecule is C=C(C)C1=C(C)C(N)=CCC=C1C. The molecule has 70 valence electrons. The molecule has 0 aromatic carbocycles. The van der Waals surface area contributed by atoms with E-state index in [0.29, 0.717) is 0 Å². The molecule has 0 saturated heterocycles. The molecule has 0 saturated carbocycles. The first-order chi connectivity index (χ1) is 6.04. The zero-order valence-electron chi connectivity index (χ0n) is 8.65. The quantitative estimate of drug-likeness (QED) is 0.651. The van der Waals surface area contributed by atoms with Gasteiger partial charge in [0.05, 0.1) is 0 Å². The Morgan fingerprint density at radius 1 is 1.38 bits per heavy atom. The summed E-state index contributed by atoms with van der Waals surface area (Å²) in [7, 11) is 0. The molecule has 2 N–H and O–H groups in total. The fourth-order valence-corrected chi connectivity index (χ4v) is 1.71. The van der Waals surface area contributed by atoms with Gasteiger partial charge in [0, 0.05) is 5.70 Å². The third-order valence-electron chi connectivity index (χ3n) is 2.39. The Bertz CT molecular complexity index is 327. The molecule has 0 atom stereocenters. The highest BCUT2D eigenvalue weighted by atomic mass is 14.6. The van der Waals surface area contributed by atoms with Gasteiger partial charge >= 0.3 is 0 Å². The minimum atomic E-state index is 0.881. The molecule has 0 aliphatic heterocycles. The van der Waals surface area contributed by atoms with E-state index in [4.69, 9.17) is 5.73 Å². The molecule has 0 fully saturated rings. The molecule has 0 aromatic rings. The van der Waals surface area contributed by atoms with Crippen molar-refractivity contribution in [1.82, 2.24) is 0 Å². The fraction of sp³-hybridized carbons (Fsp3) is 0.333. The van der Waals surface area contributed by atoms with Gasteiger partial charge in [-0.1, -0.05) is 24.3 Å². The van der Waals surface area contributed by atoms with Gasteiger partial charge in [0.1, 0.15) is 0 Å². The second-order valence-corrected chi connectivity index (χ2v) is 3.56. The van der Waals surface area contributed by atoms with Crippen molar-refractivity contribution >= 4 is 0 Å². The molecule has 1 heteroatoms. The molecule has 0 bridgehead atoms. The summed E-state index contributed by atoms with van der Waals surface area (Å²) in [5, 5.41) is 0. The van der Waals surface area contributed by atoms with Crippen LogP contribution in [0, 0.1) is 0 Å². The highest BCUT2D eigenvalue weighted by Crippen LogP contribution is 2.27. The Morgan fingerprint density at radius 3 is 2.54 bits per heavy atom. The number of allylic oxidation sites excluding steroid dienone is 6. The maximum atomic E-state index is 5.90. The van der Waals surface area contributed by atoms with Crippen LogP contribution >= 0.6 is 0 Å². The Morgan fingerprint density at radius 2 is 2.00 bits per heavy atom. The van der Waals surface area contributed by atoms with E-state index in [1.165, 1.54) is 11.1 Å². The molecule has 0 amide bonds. The van der Waals surface area contributed by atoms with Gasteiger partial charge in [-0.2, -0.15) is 0 Å². The highest BCUT2D eigenvalue weighted by molar-refractivity contribution is 5.53. The van der Waals surface area contributed by atoms with Crippen LogP contribution in [0.5, 0.6) is 0 Å². The van der Waals surface area contributed by atoms with E-state index >= 15 is 0 Å². The molecule has 1 nitrogen and oxygen atoms in total. The Labute approximate surface area is 80.3 Å². The predicted octanol–water partition coefficient (Wildman–Crippen LogP) is 3.07. The molecule has 0 unspecified atom stereocenters. The smallest absolute Gasteiger partial charge is 0.0312 e. The van der Waals surface area contributed by atoms with Crippen LogP contribution in [0.25, 0.3) is 0 Å². The minimum Gasteiger partial charge on any atom is -0.399 e. The second-order valence-electron chi connectivity index (χ2n) is 3.56. The standard InChI is InChI=1S/C12H17N/c1-8(2)12-9(3)6-5-7-11(13)10(12)4/h6-7H,1,5,13H2,2-4H3. The lowest BCUT2D eigenvalue weighted by Crippen LogP contribution is -2.01. The van der Waals surface area contributed by atoms with Crippen LogP contribution in [-0.2, 0) is 0 Å². The summed E-state index contributed by atoms with van der Waals surface area (Å²) in [4.78, 5) is 0. The molecular weight excluding hydrogens is 158 g/mol. The number of rotatable bonds is 1. The first kappa shape index (κ1) is 9.85. The van der Waals surface area contributed by atoms with Gasteiger partial charge in [-0.05, 0) is 43.9 Å². The molecule has 1 rings (SSSR count). The summed E-state index contributed by atoms with van der Waals surface area (Å²) in [6, 6.07) is 0. The van der Waals surface area contributed by atoms with E-state index < -0.39 is 0 Å². The van der Waals surface area contributed by atoms with Crippen molar-refractivity contribution in [1.29, 1.82) is 0 Å². The summed E-state index contributed by atoms with van der Waals surface area (Å²) in [5.74, 6) is 0. The predicted molar refractivity (Wildman–Crippen MR) is 58.2 cm³/mol. The lowest BCUT2D eigenvalue weighted by atomic mass is 9.96. The van der Waals surface area contributed by atoms with Crippen LogP contribution in [0.4, 0.5) is 0 Å². The Balaban J connectivity index is 3.28. The van der Waals surface area contributed by atoms with Crippen LogP contribution in [0.3, 0.4) is 0 Å². The summed E-state index contributed by atoms with van der Waals surface area (Å²) in [6.07, 6.45) is 5.16. The zero-order chi connectivity index (χ0) is 10.0. The number of nitrogens with two attached hydrogens (primary N) is 1. The van der Waals surface area contributed by atoms with Gasteiger partial charge < -0.3 is 5.73 Å². The molecule has 0 heterocycles. The monoisotopic (exact) mass is 175 g/mol. The van der Waals surface area contributed by atoms with Crippen LogP contribution in [0.2, 0.25) is 0 Å². The van der Waals surface area contributed by atoms with E-state index in [-0.39, 0.29) is 0 Å². The van der Waals surface area contributed by atoms with Crippen LogP contribution in [0.1, 0.15) is 27.2 Å². The van der Waals surface area contributed by atoms with Crippen molar-refractivity contribution < 1.29 is 0 Å². The van der Waals surface area contributed by atoms with Crippen molar-refractivity contribution in [2.75, 3.05) is 0 Å². The summed E-state index contributed by atoms with van der Waals surface area (Å²) >= 11 is 0. The Kier molecular flexibility index (Phi) is 2.76. The van der Waals surface area contributed by atoms with Crippen molar-refractivity contribution in [3.63, 3.8) is 0 Å². The van der Waals surface area contributed by atoms with Crippen molar-refractivity contribution in [3.8, 4) is 0 Å². The molecule has 1 aliphatic rings. The molecule has 1 aliphatic carbocycles. The van der Waals surface area contributed by atoms with E-state index in [1.54, 1.807) is 0 Å². The maximum Gasteiger partial charge on any atom is 0.0312 e.